The summed E-state index contributed by atoms with van der Waals surface area (Å²) in [6.07, 6.45) is 1.34. The van der Waals surface area contributed by atoms with Crippen molar-refractivity contribution in [3.05, 3.63) is 40.0 Å². The van der Waals surface area contributed by atoms with Crippen molar-refractivity contribution in [1.82, 2.24) is 14.7 Å². The summed E-state index contributed by atoms with van der Waals surface area (Å²) in [6, 6.07) is 2.89. The number of nitrogens with one attached hydrogen (secondary N) is 1. The number of thiazole rings is 1. The molecule has 0 aliphatic rings. The number of rotatable bonds is 5. The van der Waals surface area contributed by atoms with Gasteiger partial charge in [-0.25, -0.2) is 23.1 Å². The van der Waals surface area contributed by atoms with Crippen molar-refractivity contribution in [1.29, 1.82) is 0 Å². The van der Waals surface area contributed by atoms with Crippen LogP contribution in [0.2, 0.25) is 0 Å². The zero-order chi connectivity index (χ0) is 13.9. The second-order valence-electron chi connectivity index (χ2n) is 3.87. The van der Waals surface area contributed by atoms with E-state index in [-0.39, 0.29) is 18.2 Å². The third-order valence-corrected chi connectivity index (χ3v) is 4.62. The van der Waals surface area contributed by atoms with Crippen molar-refractivity contribution in [3.63, 3.8) is 0 Å². The largest absolute Gasteiger partial charge is 0.392 e. The van der Waals surface area contributed by atoms with Gasteiger partial charge in [0.2, 0.25) is 0 Å². The van der Waals surface area contributed by atoms with E-state index in [0.29, 0.717) is 10.6 Å². The fraction of sp³-hybridized carbons (Fsp3) is 0.273. The minimum absolute atomic E-state index is 0.0713. The molecule has 19 heavy (non-hydrogen) atoms. The SMILES string of the molecule is Cc1csc(CNS(=O)(=O)c2ccc(CO)cn2)n1. The van der Waals surface area contributed by atoms with Gasteiger partial charge in [-0.15, -0.1) is 11.3 Å². The van der Waals surface area contributed by atoms with Crippen LogP contribution in [0.25, 0.3) is 0 Å². The quantitative estimate of drug-likeness (QED) is 0.852. The molecular formula is C11H13N3O3S2. The van der Waals surface area contributed by atoms with Crippen molar-refractivity contribution in [2.45, 2.75) is 25.1 Å². The molecule has 2 N–H and O–H groups in total. The van der Waals surface area contributed by atoms with Gasteiger partial charge in [-0.3, -0.25) is 0 Å². The van der Waals surface area contributed by atoms with E-state index in [9.17, 15) is 8.42 Å². The van der Waals surface area contributed by atoms with Crippen LogP contribution in [0.4, 0.5) is 0 Å². The number of hydrogen-bond donors (Lipinski definition) is 2. The highest BCUT2D eigenvalue weighted by atomic mass is 32.2. The van der Waals surface area contributed by atoms with Crippen LogP contribution >= 0.6 is 11.3 Å². The molecule has 0 aliphatic heterocycles. The zero-order valence-electron chi connectivity index (χ0n) is 10.2. The summed E-state index contributed by atoms with van der Waals surface area (Å²) in [7, 11) is -3.65. The molecule has 102 valence electrons. The topological polar surface area (TPSA) is 92.2 Å². The van der Waals surface area contributed by atoms with Crippen LogP contribution in [-0.4, -0.2) is 23.5 Å². The Morgan fingerprint density at radius 2 is 2.21 bits per heavy atom. The van der Waals surface area contributed by atoms with Gasteiger partial charge in [-0.05, 0) is 18.6 Å². The molecule has 6 nitrogen and oxygen atoms in total. The van der Waals surface area contributed by atoms with E-state index in [2.05, 4.69) is 14.7 Å². The number of aryl methyl sites for hydroxylation is 1. The van der Waals surface area contributed by atoms with Crippen molar-refractivity contribution < 1.29 is 13.5 Å². The van der Waals surface area contributed by atoms with Gasteiger partial charge in [-0.2, -0.15) is 0 Å². The molecule has 0 saturated heterocycles. The number of aromatic nitrogens is 2. The molecule has 0 spiro atoms. The first-order valence-electron chi connectivity index (χ1n) is 5.48. The van der Waals surface area contributed by atoms with Gasteiger partial charge in [-0.1, -0.05) is 6.07 Å². The Kier molecular flexibility index (Phi) is 4.25. The predicted octanol–water partition coefficient (Wildman–Crippen LogP) is 0.817. The van der Waals surface area contributed by atoms with Crippen LogP contribution in [-0.2, 0) is 23.2 Å². The Hall–Kier alpha value is -1.35. The van der Waals surface area contributed by atoms with Crippen molar-refractivity contribution in [2.75, 3.05) is 0 Å². The maximum atomic E-state index is 12.0. The summed E-state index contributed by atoms with van der Waals surface area (Å²) in [6.45, 7) is 1.83. The highest BCUT2D eigenvalue weighted by Crippen LogP contribution is 2.11. The molecule has 0 bridgehead atoms. The molecule has 8 heteroatoms. The Morgan fingerprint density at radius 1 is 1.42 bits per heavy atom. The molecule has 0 fully saturated rings. The summed E-state index contributed by atoms with van der Waals surface area (Å²) in [5, 5.41) is 11.4. The van der Waals surface area contributed by atoms with E-state index in [4.69, 9.17) is 5.11 Å². The molecule has 0 radical (unpaired) electrons. The number of aliphatic hydroxyl groups is 1. The van der Waals surface area contributed by atoms with Crippen LogP contribution in [0.1, 0.15) is 16.3 Å². The Morgan fingerprint density at radius 3 is 2.74 bits per heavy atom. The maximum Gasteiger partial charge on any atom is 0.258 e. The molecular weight excluding hydrogens is 286 g/mol. The predicted molar refractivity (Wildman–Crippen MR) is 71.0 cm³/mol. The average Bonchev–Trinajstić information content (AvgIpc) is 2.82. The molecule has 0 aliphatic carbocycles. The number of pyridine rings is 1. The minimum atomic E-state index is -3.65. The van der Waals surface area contributed by atoms with Gasteiger partial charge >= 0.3 is 0 Å². The Labute approximate surface area is 115 Å². The van der Waals surface area contributed by atoms with E-state index >= 15 is 0 Å². The summed E-state index contributed by atoms with van der Waals surface area (Å²) in [4.78, 5) is 7.98. The number of aliphatic hydroxyl groups excluding tert-OH is 1. The lowest BCUT2D eigenvalue weighted by atomic mass is 10.3. The number of sulfonamides is 1. The molecule has 2 aromatic heterocycles. The van der Waals surface area contributed by atoms with Gasteiger partial charge < -0.3 is 5.11 Å². The lowest BCUT2D eigenvalue weighted by Gasteiger charge is -2.04. The van der Waals surface area contributed by atoms with Crippen LogP contribution in [0.3, 0.4) is 0 Å². The lowest BCUT2D eigenvalue weighted by Crippen LogP contribution is -2.24. The zero-order valence-corrected chi connectivity index (χ0v) is 11.8. The van der Waals surface area contributed by atoms with E-state index in [0.717, 1.165) is 5.69 Å². The Bertz CT molecular complexity index is 650. The van der Waals surface area contributed by atoms with Crippen molar-refractivity contribution in [2.24, 2.45) is 0 Å². The van der Waals surface area contributed by atoms with Gasteiger partial charge in [0.1, 0.15) is 5.01 Å². The average molecular weight is 299 g/mol. The second kappa shape index (κ2) is 5.74. The molecule has 2 rings (SSSR count). The fourth-order valence-electron chi connectivity index (χ4n) is 1.38. The molecule has 0 saturated carbocycles. The van der Waals surface area contributed by atoms with Crippen molar-refractivity contribution >= 4 is 21.4 Å². The first-order chi connectivity index (χ1) is 9.01. The Balaban J connectivity index is 2.09. The molecule has 0 unspecified atom stereocenters. The third kappa shape index (κ3) is 3.57. The third-order valence-electron chi connectivity index (χ3n) is 2.34. The summed E-state index contributed by atoms with van der Waals surface area (Å²) < 4.78 is 26.3. The van der Waals surface area contributed by atoms with E-state index in [1.807, 2.05) is 12.3 Å². The summed E-state index contributed by atoms with van der Waals surface area (Å²) in [5.41, 5.74) is 1.43. The molecule has 0 atom stereocenters. The maximum absolute atomic E-state index is 12.0. The highest BCUT2D eigenvalue weighted by Gasteiger charge is 2.15. The smallest absolute Gasteiger partial charge is 0.258 e. The van der Waals surface area contributed by atoms with Gasteiger partial charge in [0.15, 0.2) is 5.03 Å². The molecule has 2 heterocycles. The van der Waals surface area contributed by atoms with Crippen LogP contribution < -0.4 is 4.72 Å². The number of nitrogens with zero attached hydrogens (tertiary/aromatic N) is 2. The fourth-order valence-corrected chi connectivity index (χ4v) is 3.09. The van der Waals surface area contributed by atoms with Crippen LogP contribution in [0.15, 0.2) is 28.7 Å². The standard InChI is InChI=1S/C11H13N3O3S2/c1-8-7-18-10(14-8)5-13-19(16,17)11-3-2-9(6-15)4-12-11/h2-4,7,13,15H,5-6H2,1H3. The monoisotopic (exact) mass is 299 g/mol. The number of hydrogen-bond acceptors (Lipinski definition) is 6. The first kappa shape index (κ1) is 14.1. The first-order valence-corrected chi connectivity index (χ1v) is 7.84. The van der Waals surface area contributed by atoms with E-state index < -0.39 is 10.0 Å². The minimum Gasteiger partial charge on any atom is -0.392 e. The van der Waals surface area contributed by atoms with Gasteiger partial charge in [0.25, 0.3) is 10.0 Å². The van der Waals surface area contributed by atoms with Gasteiger partial charge in [0, 0.05) is 17.3 Å². The summed E-state index contributed by atoms with van der Waals surface area (Å²) >= 11 is 1.40. The second-order valence-corrected chi connectivity index (χ2v) is 6.53. The summed E-state index contributed by atoms with van der Waals surface area (Å²) in [5.74, 6) is 0. The van der Waals surface area contributed by atoms with E-state index in [1.54, 1.807) is 0 Å². The normalized spacial score (nSPS) is 11.7. The van der Waals surface area contributed by atoms with Crippen LogP contribution in [0, 0.1) is 6.92 Å². The molecule has 2 aromatic rings. The van der Waals surface area contributed by atoms with Gasteiger partial charge in [0.05, 0.1) is 13.2 Å². The lowest BCUT2D eigenvalue weighted by molar-refractivity contribution is 0.281. The molecule has 0 aromatic carbocycles. The van der Waals surface area contributed by atoms with Crippen LogP contribution in [0.5, 0.6) is 0 Å². The van der Waals surface area contributed by atoms with E-state index in [1.165, 1.54) is 29.7 Å². The highest BCUT2D eigenvalue weighted by molar-refractivity contribution is 7.89. The molecule has 0 amide bonds. The van der Waals surface area contributed by atoms with Crippen molar-refractivity contribution in [3.8, 4) is 0 Å².